The predicted molar refractivity (Wildman–Crippen MR) is 112 cm³/mol. The van der Waals surface area contributed by atoms with Crippen molar-refractivity contribution in [3.8, 4) is 11.5 Å². The molecule has 10 heteroatoms. The van der Waals surface area contributed by atoms with Gasteiger partial charge in [0.25, 0.3) is 0 Å². The summed E-state index contributed by atoms with van der Waals surface area (Å²) in [6.45, 7) is 0.510. The Balaban J connectivity index is 1.70. The van der Waals surface area contributed by atoms with E-state index in [0.29, 0.717) is 30.2 Å². The summed E-state index contributed by atoms with van der Waals surface area (Å²) >= 11 is 0. The van der Waals surface area contributed by atoms with Gasteiger partial charge in [-0.15, -0.1) is 0 Å². The number of amides is 2. The van der Waals surface area contributed by atoms with Crippen molar-refractivity contribution in [3.63, 3.8) is 0 Å². The van der Waals surface area contributed by atoms with Crippen LogP contribution in [0.5, 0.6) is 11.5 Å². The van der Waals surface area contributed by atoms with Crippen LogP contribution >= 0.6 is 0 Å². The van der Waals surface area contributed by atoms with Gasteiger partial charge in [0, 0.05) is 13.1 Å². The zero-order valence-corrected chi connectivity index (χ0v) is 17.5. The first-order valence-corrected chi connectivity index (χ1v) is 10.9. The van der Waals surface area contributed by atoms with Gasteiger partial charge in [0.15, 0.2) is 0 Å². The van der Waals surface area contributed by atoms with Crippen LogP contribution in [0, 0.1) is 0 Å². The van der Waals surface area contributed by atoms with Crippen LogP contribution in [0.15, 0.2) is 42.5 Å². The molecule has 1 aliphatic rings. The Kier molecular flexibility index (Phi) is 6.46. The molecule has 2 amide bonds. The molecule has 9 nitrogen and oxygen atoms in total. The minimum absolute atomic E-state index is 0.0768. The summed E-state index contributed by atoms with van der Waals surface area (Å²) in [5.74, 6) is -0.696. The van der Waals surface area contributed by atoms with Crippen LogP contribution in [0.2, 0.25) is 0 Å². The molecule has 0 spiro atoms. The number of benzene rings is 2. The molecule has 0 unspecified atom stereocenters. The topological polar surface area (TPSA) is 114 Å². The van der Waals surface area contributed by atoms with Crippen molar-refractivity contribution in [3.05, 3.63) is 48.0 Å². The zero-order valence-electron chi connectivity index (χ0n) is 16.7. The van der Waals surface area contributed by atoms with Crippen LogP contribution < -0.4 is 24.4 Å². The Morgan fingerprint density at radius 2 is 1.87 bits per heavy atom. The van der Waals surface area contributed by atoms with Crippen LogP contribution in [0.25, 0.3) is 0 Å². The first-order valence-electron chi connectivity index (χ1n) is 9.24. The number of nitrogens with one attached hydrogen (secondary N) is 2. The summed E-state index contributed by atoms with van der Waals surface area (Å²) in [6.07, 6.45) is 0.530. The first-order chi connectivity index (χ1) is 14.3. The molecule has 1 fully saturated rings. The van der Waals surface area contributed by atoms with Gasteiger partial charge in [-0.25, -0.2) is 8.42 Å². The highest BCUT2D eigenvalue weighted by Crippen LogP contribution is 2.32. The third kappa shape index (κ3) is 4.82. The molecular weight excluding hydrogens is 410 g/mol. The van der Waals surface area contributed by atoms with Crippen LogP contribution in [0.3, 0.4) is 0 Å². The van der Waals surface area contributed by atoms with Gasteiger partial charge in [-0.3, -0.25) is 13.9 Å². The molecule has 1 heterocycles. The molecule has 0 atom stereocenters. The average Bonchev–Trinajstić information content (AvgIpc) is 3.10. The fourth-order valence-electron chi connectivity index (χ4n) is 3.10. The van der Waals surface area contributed by atoms with E-state index < -0.39 is 21.8 Å². The minimum Gasteiger partial charge on any atom is -0.497 e. The van der Waals surface area contributed by atoms with E-state index in [0.717, 1.165) is 5.56 Å². The summed E-state index contributed by atoms with van der Waals surface area (Å²) < 4.78 is 36.0. The number of hydrogen-bond acceptors (Lipinski definition) is 6. The molecule has 0 bridgehead atoms. The molecule has 0 saturated carbocycles. The van der Waals surface area contributed by atoms with Crippen molar-refractivity contribution in [2.24, 2.45) is 0 Å². The fraction of sp³-hybridized carbons (Fsp3) is 0.300. The Hall–Kier alpha value is -3.27. The molecule has 2 aromatic carbocycles. The molecule has 2 N–H and O–H groups in total. The van der Waals surface area contributed by atoms with Crippen molar-refractivity contribution < 1.29 is 27.5 Å². The largest absolute Gasteiger partial charge is 0.497 e. The van der Waals surface area contributed by atoms with Gasteiger partial charge < -0.3 is 20.1 Å². The minimum atomic E-state index is -3.38. The lowest BCUT2D eigenvalue weighted by Crippen LogP contribution is -2.35. The fourth-order valence-corrected chi connectivity index (χ4v) is 4.66. The molecule has 30 heavy (non-hydrogen) atoms. The van der Waals surface area contributed by atoms with E-state index in [1.165, 1.54) is 17.5 Å². The van der Waals surface area contributed by atoms with Crippen LogP contribution in [-0.2, 0) is 26.2 Å². The SMILES string of the molecule is COc1cccc(CNC(=O)C(=O)Nc2cc(N3CCCS3(=O)=O)ccc2OC)c1. The van der Waals surface area contributed by atoms with Gasteiger partial charge in [0.2, 0.25) is 10.0 Å². The second kappa shape index (κ2) is 9.04. The summed E-state index contributed by atoms with van der Waals surface area (Å²) in [6, 6.07) is 11.7. The highest BCUT2D eigenvalue weighted by molar-refractivity contribution is 7.93. The van der Waals surface area contributed by atoms with Gasteiger partial charge in [-0.2, -0.15) is 0 Å². The lowest BCUT2D eigenvalue weighted by molar-refractivity contribution is -0.136. The van der Waals surface area contributed by atoms with Gasteiger partial charge in [-0.1, -0.05) is 12.1 Å². The molecule has 1 aliphatic heterocycles. The van der Waals surface area contributed by atoms with Crippen LogP contribution in [0.1, 0.15) is 12.0 Å². The molecular formula is C20H23N3O6S. The standard InChI is InChI=1S/C20H23N3O6S/c1-28-16-6-3-5-14(11-16)13-21-19(24)20(25)22-17-12-15(7-8-18(17)29-2)23-9-4-10-30(23,26)27/h3,5-8,11-12H,4,9-10,13H2,1-2H3,(H,21,24)(H,22,25). The predicted octanol–water partition coefficient (Wildman–Crippen LogP) is 1.50. The van der Waals surface area contributed by atoms with E-state index in [-0.39, 0.29) is 18.0 Å². The highest BCUT2D eigenvalue weighted by atomic mass is 32.2. The second-order valence-corrected chi connectivity index (χ2v) is 8.63. The molecule has 3 rings (SSSR count). The monoisotopic (exact) mass is 433 g/mol. The number of methoxy groups -OCH3 is 2. The van der Waals surface area contributed by atoms with Gasteiger partial charge in [0.1, 0.15) is 11.5 Å². The van der Waals surface area contributed by atoms with Crippen molar-refractivity contribution >= 4 is 33.2 Å². The summed E-state index contributed by atoms with van der Waals surface area (Å²) in [5, 5.41) is 5.03. The van der Waals surface area contributed by atoms with Crippen molar-refractivity contribution in [2.75, 3.05) is 36.1 Å². The Morgan fingerprint density at radius 3 is 2.53 bits per heavy atom. The number of hydrogen-bond donors (Lipinski definition) is 2. The van der Waals surface area contributed by atoms with Gasteiger partial charge in [-0.05, 0) is 42.3 Å². The maximum Gasteiger partial charge on any atom is 0.313 e. The van der Waals surface area contributed by atoms with Crippen LogP contribution in [-0.4, -0.2) is 46.7 Å². The molecule has 0 radical (unpaired) electrons. The second-order valence-electron chi connectivity index (χ2n) is 6.61. The summed E-state index contributed by atoms with van der Waals surface area (Å²) in [4.78, 5) is 24.6. The lowest BCUT2D eigenvalue weighted by Gasteiger charge is -2.19. The van der Waals surface area contributed by atoms with E-state index in [4.69, 9.17) is 9.47 Å². The molecule has 160 valence electrons. The van der Waals surface area contributed by atoms with Crippen molar-refractivity contribution in [1.29, 1.82) is 0 Å². The maximum atomic E-state index is 12.3. The van der Waals surface area contributed by atoms with Gasteiger partial charge >= 0.3 is 11.8 Å². The number of sulfonamides is 1. The number of carbonyl (C=O) groups excluding carboxylic acids is 2. The molecule has 0 aliphatic carbocycles. The van der Waals surface area contributed by atoms with E-state index in [2.05, 4.69) is 10.6 Å². The Labute approximate surface area is 175 Å². The zero-order chi connectivity index (χ0) is 21.7. The number of rotatable bonds is 6. The Morgan fingerprint density at radius 1 is 1.07 bits per heavy atom. The average molecular weight is 433 g/mol. The molecule has 0 aromatic heterocycles. The number of nitrogens with zero attached hydrogens (tertiary/aromatic N) is 1. The quantitative estimate of drug-likeness (QED) is 0.668. The van der Waals surface area contributed by atoms with E-state index in [1.807, 2.05) is 0 Å². The lowest BCUT2D eigenvalue weighted by atomic mass is 10.2. The number of anilines is 2. The summed E-state index contributed by atoms with van der Waals surface area (Å²) in [5.41, 5.74) is 1.38. The van der Waals surface area contributed by atoms with Gasteiger partial charge in [0.05, 0.1) is 31.3 Å². The summed E-state index contributed by atoms with van der Waals surface area (Å²) in [7, 11) is -0.418. The van der Waals surface area contributed by atoms with Crippen LogP contribution in [0.4, 0.5) is 11.4 Å². The third-order valence-corrected chi connectivity index (χ3v) is 6.48. The normalized spacial score (nSPS) is 14.8. The van der Waals surface area contributed by atoms with Crippen molar-refractivity contribution in [1.82, 2.24) is 5.32 Å². The first kappa shape index (κ1) is 21.4. The molecule has 2 aromatic rings. The van der Waals surface area contributed by atoms with E-state index >= 15 is 0 Å². The third-order valence-electron chi connectivity index (χ3n) is 4.61. The Bertz CT molecular complexity index is 1050. The maximum absolute atomic E-state index is 12.3. The van der Waals surface area contributed by atoms with Crippen molar-refractivity contribution in [2.45, 2.75) is 13.0 Å². The van der Waals surface area contributed by atoms with E-state index in [1.54, 1.807) is 43.5 Å². The smallest absolute Gasteiger partial charge is 0.313 e. The molecule has 1 saturated heterocycles. The number of ether oxygens (including phenoxy) is 2. The highest BCUT2D eigenvalue weighted by Gasteiger charge is 2.29. The van der Waals surface area contributed by atoms with E-state index in [9.17, 15) is 18.0 Å². The number of carbonyl (C=O) groups is 2.